The van der Waals surface area contributed by atoms with Crippen molar-refractivity contribution in [1.82, 2.24) is 15.0 Å². The lowest BCUT2D eigenvalue weighted by molar-refractivity contribution is -0.141. The Morgan fingerprint density at radius 3 is 2.65 bits per heavy atom. The molecule has 0 saturated carbocycles. The van der Waals surface area contributed by atoms with Gasteiger partial charge in [-0.1, -0.05) is 6.07 Å². The summed E-state index contributed by atoms with van der Waals surface area (Å²) in [6, 6.07) is 4.43. The first kappa shape index (κ1) is 14.0. The largest absolute Gasteiger partial charge is 0.433 e. The van der Waals surface area contributed by atoms with Gasteiger partial charge in [0.05, 0.1) is 0 Å². The summed E-state index contributed by atoms with van der Waals surface area (Å²) in [7, 11) is 1.46. The Morgan fingerprint density at radius 1 is 1.25 bits per heavy atom. The number of rotatable bonds is 4. The van der Waals surface area contributed by atoms with Gasteiger partial charge in [0.15, 0.2) is 5.69 Å². The highest BCUT2D eigenvalue weighted by atomic mass is 19.4. The topological polar surface area (TPSA) is 62.7 Å². The third kappa shape index (κ3) is 3.56. The molecular weight excluding hydrogens is 271 g/mol. The van der Waals surface area contributed by atoms with Gasteiger partial charge < -0.3 is 10.6 Å². The number of nitrogens with one attached hydrogen (secondary N) is 2. The molecule has 5 nitrogen and oxygen atoms in total. The fourth-order valence-electron chi connectivity index (χ4n) is 1.49. The lowest BCUT2D eigenvalue weighted by atomic mass is 10.3. The number of hydrogen-bond donors (Lipinski definition) is 2. The Balaban J connectivity index is 2.19. The minimum absolute atomic E-state index is 0.0893. The first-order valence-electron chi connectivity index (χ1n) is 5.76. The molecule has 2 rings (SSSR count). The van der Waals surface area contributed by atoms with E-state index in [2.05, 4.69) is 25.6 Å². The number of hydrogen-bond acceptors (Lipinski definition) is 5. The van der Waals surface area contributed by atoms with Crippen LogP contribution < -0.4 is 10.6 Å². The molecule has 0 bridgehead atoms. The zero-order chi connectivity index (χ0) is 14.6. The van der Waals surface area contributed by atoms with Crippen molar-refractivity contribution in [3.63, 3.8) is 0 Å². The smallest absolute Gasteiger partial charge is 0.366 e. The lowest BCUT2D eigenvalue weighted by Crippen LogP contribution is -2.13. The van der Waals surface area contributed by atoms with Crippen molar-refractivity contribution in [2.45, 2.75) is 12.7 Å². The van der Waals surface area contributed by atoms with Crippen molar-refractivity contribution in [3.05, 3.63) is 41.9 Å². The molecule has 2 aromatic heterocycles. The van der Waals surface area contributed by atoms with Gasteiger partial charge >= 0.3 is 6.18 Å². The van der Waals surface area contributed by atoms with Crippen molar-refractivity contribution in [2.24, 2.45) is 0 Å². The number of aromatic nitrogens is 3. The summed E-state index contributed by atoms with van der Waals surface area (Å²) in [4.78, 5) is 11.2. The minimum atomic E-state index is -4.51. The minimum Gasteiger partial charge on any atom is -0.366 e. The summed E-state index contributed by atoms with van der Waals surface area (Å²) in [5.74, 6) is 0.00837. The average molecular weight is 283 g/mol. The van der Waals surface area contributed by atoms with E-state index in [1.165, 1.54) is 7.05 Å². The summed E-state index contributed by atoms with van der Waals surface area (Å²) in [6.45, 7) is 0.325. The van der Waals surface area contributed by atoms with Crippen molar-refractivity contribution in [1.29, 1.82) is 0 Å². The lowest BCUT2D eigenvalue weighted by Gasteiger charge is -2.11. The fraction of sp³-hybridized carbons (Fsp3) is 0.250. The van der Waals surface area contributed by atoms with E-state index in [4.69, 9.17) is 0 Å². The molecule has 8 heteroatoms. The zero-order valence-corrected chi connectivity index (χ0v) is 10.6. The maximum absolute atomic E-state index is 12.7. The van der Waals surface area contributed by atoms with Crippen LogP contribution in [0.2, 0.25) is 0 Å². The van der Waals surface area contributed by atoms with Crippen molar-refractivity contribution in [3.8, 4) is 0 Å². The summed E-state index contributed by atoms with van der Waals surface area (Å²) in [5.41, 5.74) is -0.156. The Hall–Kier alpha value is -2.38. The molecule has 0 atom stereocenters. The molecule has 2 heterocycles. The van der Waals surface area contributed by atoms with E-state index in [1.54, 1.807) is 18.5 Å². The first-order valence-corrected chi connectivity index (χ1v) is 5.76. The molecule has 0 saturated heterocycles. The molecule has 0 radical (unpaired) electrons. The van der Waals surface area contributed by atoms with E-state index < -0.39 is 11.9 Å². The number of nitrogens with zero attached hydrogens (tertiary/aromatic N) is 3. The molecule has 0 aliphatic carbocycles. The Labute approximate surface area is 113 Å². The number of alkyl halides is 3. The first-order chi connectivity index (χ1) is 9.49. The molecule has 0 aromatic carbocycles. The predicted octanol–water partition coefficient (Wildman–Crippen LogP) is 2.54. The quantitative estimate of drug-likeness (QED) is 0.903. The molecule has 0 unspecified atom stereocenters. The molecule has 0 aliphatic heterocycles. The van der Waals surface area contributed by atoms with E-state index >= 15 is 0 Å². The molecule has 0 amide bonds. The number of pyridine rings is 1. The fourth-order valence-corrected chi connectivity index (χ4v) is 1.49. The molecule has 2 N–H and O–H groups in total. The van der Waals surface area contributed by atoms with Crippen LogP contribution in [0.5, 0.6) is 0 Å². The highest BCUT2D eigenvalue weighted by molar-refractivity contribution is 5.43. The van der Waals surface area contributed by atoms with Crippen LogP contribution in [-0.2, 0) is 12.7 Å². The van der Waals surface area contributed by atoms with Gasteiger partial charge in [0, 0.05) is 32.1 Å². The number of anilines is 2. The van der Waals surface area contributed by atoms with Gasteiger partial charge in [0.25, 0.3) is 0 Å². The average Bonchev–Trinajstić information content (AvgIpc) is 2.45. The van der Waals surface area contributed by atoms with Gasteiger partial charge in [-0.05, 0) is 11.6 Å². The summed E-state index contributed by atoms with van der Waals surface area (Å²) < 4.78 is 38.1. The van der Waals surface area contributed by atoms with E-state index in [9.17, 15) is 13.2 Å². The summed E-state index contributed by atoms with van der Waals surface area (Å²) in [6.07, 6.45) is -1.27. The molecule has 2 aromatic rings. The van der Waals surface area contributed by atoms with Crippen molar-refractivity contribution >= 4 is 11.8 Å². The van der Waals surface area contributed by atoms with Gasteiger partial charge in [-0.25, -0.2) is 4.98 Å². The maximum atomic E-state index is 12.7. The molecule has 0 aliphatic rings. The number of halogens is 3. The van der Waals surface area contributed by atoms with Gasteiger partial charge in [-0.2, -0.15) is 18.2 Å². The van der Waals surface area contributed by atoms with Crippen LogP contribution in [0.3, 0.4) is 0 Å². The summed E-state index contributed by atoms with van der Waals surface area (Å²) in [5, 5.41) is 5.32. The van der Waals surface area contributed by atoms with Gasteiger partial charge in [0.1, 0.15) is 5.82 Å². The van der Waals surface area contributed by atoms with E-state index in [0.717, 1.165) is 11.6 Å². The molecule has 0 spiro atoms. The molecule has 20 heavy (non-hydrogen) atoms. The van der Waals surface area contributed by atoms with Crippen LogP contribution in [0.15, 0.2) is 30.6 Å². The third-order valence-electron chi connectivity index (χ3n) is 2.44. The van der Waals surface area contributed by atoms with Crippen molar-refractivity contribution < 1.29 is 13.2 Å². The van der Waals surface area contributed by atoms with Gasteiger partial charge in [-0.15, -0.1) is 0 Å². The van der Waals surface area contributed by atoms with E-state index in [0.29, 0.717) is 6.54 Å². The Kier molecular flexibility index (Phi) is 4.02. The molecule has 0 fully saturated rings. The van der Waals surface area contributed by atoms with Crippen LogP contribution in [0, 0.1) is 0 Å². The monoisotopic (exact) mass is 283 g/mol. The van der Waals surface area contributed by atoms with E-state index in [-0.39, 0.29) is 11.8 Å². The molecule has 106 valence electrons. The van der Waals surface area contributed by atoms with Gasteiger partial charge in [0.2, 0.25) is 5.95 Å². The summed E-state index contributed by atoms with van der Waals surface area (Å²) >= 11 is 0. The van der Waals surface area contributed by atoms with Crippen LogP contribution in [0.4, 0.5) is 24.9 Å². The second-order valence-corrected chi connectivity index (χ2v) is 3.92. The van der Waals surface area contributed by atoms with Crippen LogP contribution >= 0.6 is 0 Å². The predicted molar refractivity (Wildman–Crippen MR) is 68.1 cm³/mol. The maximum Gasteiger partial charge on any atom is 0.433 e. The third-order valence-corrected chi connectivity index (χ3v) is 2.44. The van der Waals surface area contributed by atoms with Crippen LogP contribution in [0.25, 0.3) is 0 Å². The van der Waals surface area contributed by atoms with E-state index in [1.807, 2.05) is 6.07 Å². The van der Waals surface area contributed by atoms with Crippen LogP contribution in [-0.4, -0.2) is 22.0 Å². The van der Waals surface area contributed by atoms with Crippen LogP contribution in [0.1, 0.15) is 11.3 Å². The molecular formula is C12H12F3N5. The standard InChI is InChI=1S/C12H12F3N5/c1-16-11-19-9(12(13,14)15)5-10(20-11)18-7-8-3-2-4-17-6-8/h2-6H,7H2,1H3,(H2,16,18,19,20). The Morgan fingerprint density at radius 2 is 2.05 bits per heavy atom. The Bertz CT molecular complexity index is 571. The normalized spacial score (nSPS) is 11.2. The van der Waals surface area contributed by atoms with Crippen molar-refractivity contribution in [2.75, 3.05) is 17.7 Å². The second kappa shape index (κ2) is 5.72. The second-order valence-electron chi connectivity index (χ2n) is 3.92. The zero-order valence-electron chi connectivity index (χ0n) is 10.6. The van der Waals surface area contributed by atoms with Gasteiger partial charge in [-0.3, -0.25) is 4.98 Å². The SMILES string of the molecule is CNc1nc(NCc2cccnc2)cc(C(F)(F)F)n1. The highest BCUT2D eigenvalue weighted by Crippen LogP contribution is 2.29. The highest BCUT2D eigenvalue weighted by Gasteiger charge is 2.33.